The molecule has 66 valence electrons. The van der Waals surface area contributed by atoms with E-state index >= 15 is 0 Å². The van der Waals surface area contributed by atoms with Crippen LogP contribution < -0.4 is 0 Å². The van der Waals surface area contributed by atoms with Crippen molar-refractivity contribution in [3.05, 3.63) is 11.6 Å². The molecule has 0 radical (unpaired) electrons. The summed E-state index contributed by atoms with van der Waals surface area (Å²) in [5.41, 5.74) is 0.340. The summed E-state index contributed by atoms with van der Waals surface area (Å²) in [4.78, 5) is 20.9. The van der Waals surface area contributed by atoms with E-state index in [0.29, 0.717) is 24.8 Å². The Morgan fingerprint density at radius 2 is 2.08 bits per heavy atom. The molecule has 12 heavy (non-hydrogen) atoms. The van der Waals surface area contributed by atoms with Crippen LogP contribution in [0.4, 0.5) is 0 Å². The van der Waals surface area contributed by atoms with Crippen LogP contribution in [0.1, 0.15) is 19.3 Å². The molecule has 0 fully saturated rings. The summed E-state index contributed by atoms with van der Waals surface area (Å²) < 4.78 is 0. The highest BCUT2D eigenvalue weighted by atomic mass is 16.4. The van der Waals surface area contributed by atoms with Crippen LogP contribution in [0.3, 0.4) is 0 Å². The lowest BCUT2D eigenvalue weighted by Gasteiger charge is -2.15. The molecule has 0 aromatic carbocycles. The predicted molar refractivity (Wildman–Crippen MR) is 40.7 cm³/mol. The number of hydrogen-bond acceptors (Lipinski definition) is 2. The molecule has 0 heterocycles. The number of carboxylic acid groups (broad SMARTS) is 2. The van der Waals surface area contributed by atoms with E-state index in [9.17, 15) is 9.59 Å². The fraction of sp³-hybridized carbons (Fsp3) is 0.500. The van der Waals surface area contributed by atoms with Gasteiger partial charge in [-0.3, -0.25) is 4.79 Å². The molecule has 0 saturated heterocycles. The molecular formula is C8H10O4. The molecule has 1 aliphatic rings. The van der Waals surface area contributed by atoms with Gasteiger partial charge >= 0.3 is 11.9 Å². The van der Waals surface area contributed by atoms with E-state index < -0.39 is 17.9 Å². The molecule has 0 saturated carbocycles. The minimum Gasteiger partial charge on any atom is -0.481 e. The maximum absolute atomic E-state index is 10.5. The fourth-order valence-electron chi connectivity index (χ4n) is 1.25. The summed E-state index contributed by atoms with van der Waals surface area (Å²) in [5, 5.41) is 17.1. The fourth-order valence-corrected chi connectivity index (χ4v) is 1.25. The third kappa shape index (κ3) is 1.84. The van der Waals surface area contributed by atoms with Crippen molar-refractivity contribution in [1.29, 1.82) is 0 Å². The third-order valence-corrected chi connectivity index (χ3v) is 2.03. The van der Waals surface area contributed by atoms with E-state index in [0.717, 1.165) is 0 Å². The van der Waals surface area contributed by atoms with Gasteiger partial charge in [-0.2, -0.15) is 0 Å². The standard InChI is InChI=1S/C8H10O4/c9-7(10)5-1-2-6(4-3-5)8(11)12/h1,6H,2-4H2,(H,9,10)(H,11,12). The first kappa shape index (κ1) is 8.77. The van der Waals surface area contributed by atoms with E-state index in [-0.39, 0.29) is 0 Å². The molecule has 4 heteroatoms. The summed E-state index contributed by atoms with van der Waals surface area (Å²) in [6.07, 6.45) is 2.65. The topological polar surface area (TPSA) is 74.6 Å². The van der Waals surface area contributed by atoms with Gasteiger partial charge in [-0.25, -0.2) is 4.79 Å². The van der Waals surface area contributed by atoms with E-state index in [1.807, 2.05) is 0 Å². The Morgan fingerprint density at radius 3 is 2.42 bits per heavy atom. The zero-order chi connectivity index (χ0) is 9.14. The SMILES string of the molecule is O=C(O)C1=CCC(C(=O)O)CC1. The lowest BCUT2D eigenvalue weighted by atomic mass is 9.90. The maximum Gasteiger partial charge on any atom is 0.331 e. The summed E-state index contributed by atoms with van der Waals surface area (Å²) in [5.74, 6) is -2.16. The van der Waals surface area contributed by atoms with Crippen molar-refractivity contribution in [2.45, 2.75) is 19.3 Å². The van der Waals surface area contributed by atoms with Gasteiger partial charge < -0.3 is 10.2 Å². The van der Waals surface area contributed by atoms with Crippen molar-refractivity contribution in [2.75, 3.05) is 0 Å². The molecule has 1 atom stereocenters. The predicted octanol–water partition coefficient (Wildman–Crippen LogP) is 0.882. The smallest absolute Gasteiger partial charge is 0.331 e. The van der Waals surface area contributed by atoms with Crippen LogP contribution in [-0.4, -0.2) is 22.2 Å². The van der Waals surface area contributed by atoms with Crippen molar-refractivity contribution in [1.82, 2.24) is 0 Å². The normalized spacial score (nSPS) is 23.0. The van der Waals surface area contributed by atoms with E-state index in [2.05, 4.69) is 0 Å². The van der Waals surface area contributed by atoms with Crippen LogP contribution in [0.5, 0.6) is 0 Å². The molecule has 0 aromatic rings. The Morgan fingerprint density at radius 1 is 1.42 bits per heavy atom. The minimum atomic E-state index is -0.932. The van der Waals surface area contributed by atoms with Crippen molar-refractivity contribution in [3.63, 3.8) is 0 Å². The summed E-state index contributed by atoms with van der Waals surface area (Å²) in [6.45, 7) is 0. The number of carbonyl (C=O) groups is 2. The Bertz CT molecular complexity index is 241. The van der Waals surface area contributed by atoms with Crippen molar-refractivity contribution in [3.8, 4) is 0 Å². The first-order valence-corrected chi connectivity index (χ1v) is 3.76. The maximum atomic E-state index is 10.5. The minimum absolute atomic E-state index is 0.340. The number of aliphatic carboxylic acids is 2. The summed E-state index contributed by atoms with van der Waals surface area (Å²) in [7, 11) is 0. The Balaban J connectivity index is 2.59. The second-order valence-corrected chi connectivity index (χ2v) is 2.84. The van der Waals surface area contributed by atoms with Crippen LogP contribution in [0.25, 0.3) is 0 Å². The third-order valence-electron chi connectivity index (χ3n) is 2.03. The number of rotatable bonds is 2. The number of carboxylic acids is 2. The lowest BCUT2D eigenvalue weighted by Crippen LogP contribution is -2.18. The molecule has 1 rings (SSSR count). The van der Waals surface area contributed by atoms with Crippen LogP contribution in [-0.2, 0) is 9.59 Å². The molecule has 0 aliphatic heterocycles. The van der Waals surface area contributed by atoms with E-state index in [1.54, 1.807) is 0 Å². The largest absolute Gasteiger partial charge is 0.481 e. The van der Waals surface area contributed by atoms with Crippen LogP contribution in [0.2, 0.25) is 0 Å². The Hall–Kier alpha value is -1.32. The zero-order valence-corrected chi connectivity index (χ0v) is 6.49. The molecule has 0 amide bonds. The molecular weight excluding hydrogens is 160 g/mol. The Kier molecular flexibility index (Phi) is 2.47. The monoisotopic (exact) mass is 170 g/mol. The van der Waals surface area contributed by atoms with Gasteiger partial charge in [0.05, 0.1) is 5.92 Å². The summed E-state index contributed by atoms with van der Waals surface area (Å²) >= 11 is 0. The highest BCUT2D eigenvalue weighted by molar-refractivity contribution is 5.87. The molecule has 4 nitrogen and oxygen atoms in total. The summed E-state index contributed by atoms with van der Waals surface area (Å²) in [6, 6.07) is 0. The highest BCUT2D eigenvalue weighted by Gasteiger charge is 2.22. The Labute approximate surface area is 69.5 Å². The molecule has 1 aliphatic carbocycles. The molecule has 0 spiro atoms. The van der Waals surface area contributed by atoms with Gasteiger partial charge in [0.1, 0.15) is 0 Å². The second-order valence-electron chi connectivity index (χ2n) is 2.84. The molecule has 1 unspecified atom stereocenters. The average Bonchev–Trinajstić information content (AvgIpc) is 2.04. The molecule has 0 aromatic heterocycles. The number of allylic oxidation sites excluding steroid dienone is 1. The quantitative estimate of drug-likeness (QED) is 0.645. The van der Waals surface area contributed by atoms with E-state index in [4.69, 9.17) is 10.2 Å². The first-order chi connectivity index (χ1) is 5.61. The molecule has 2 N–H and O–H groups in total. The van der Waals surface area contributed by atoms with Gasteiger partial charge in [0.15, 0.2) is 0 Å². The van der Waals surface area contributed by atoms with Crippen molar-refractivity contribution >= 4 is 11.9 Å². The highest BCUT2D eigenvalue weighted by Crippen LogP contribution is 2.23. The van der Waals surface area contributed by atoms with Crippen molar-refractivity contribution in [2.24, 2.45) is 5.92 Å². The molecule has 0 bridgehead atoms. The van der Waals surface area contributed by atoms with Crippen molar-refractivity contribution < 1.29 is 19.8 Å². The average molecular weight is 170 g/mol. The van der Waals surface area contributed by atoms with Gasteiger partial charge in [0.25, 0.3) is 0 Å². The van der Waals surface area contributed by atoms with E-state index in [1.165, 1.54) is 6.08 Å². The number of hydrogen-bond donors (Lipinski definition) is 2. The van der Waals surface area contributed by atoms with Crippen LogP contribution in [0, 0.1) is 5.92 Å². The lowest BCUT2D eigenvalue weighted by molar-refractivity contribution is -0.142. The van der Waals surface area contributed by atoms with Gasteiger partial charge in [0.2, 0.25) is 0 Å². The van der Waals surface area contributed by atoms with Gasteiger partial charge in [0, 0.05) is 5.57 Å². The van der Waals surface area contributed by atoms with Crippen LogP contribution >= 0.6 is 0 Å². The first-order valence-electron chi connectivity index (χ1n) is 3.76. The van der Waals surface area contributed by atoms with Gasteiger partial charge in [-0.1, -0.05) is 6.08 Å². The zero-order valence-electron chi connectivity index (χ0n) is 6.49. The van der Waals surface area contributed by atoms with Gasteiger partial charge in [-0.15, -0.1) is 0 Å². The van der Waals surface area contributed by atoms with Gasteiger partial charge in [-0.05, 0) is 19.3 Å². The van der Waals surface area contributed by atoms with Crippen LogP contribution in [0.15, 0.2) is 11.6 Å². The second kappa shape index (κ2) is 3.38.